The van der Waals surface area contributed by atoms with E-state index in [0.717, 1.165) is 25.0 Å². The first-order valence-corrected chi connectivity index (χ1v) is 2.47. The normalized spacial score (nSPS) is 26.6. The van der Waals surface area contributed by atoms with Crippen molar-refractivity contribution in [2.75, 3.05) is 0 Å². The highest BCUT2D eigenvalue weighted by atomic mass is 16.4. The minimum absolute atomic E-state index is 0.847. The first-order chi connectivity index (χ1) is 3.43. The second kappa shape index (κ2) is 1.96. The molecule has 0 aromatic carbocycles. The lowest BCUT2D eigenvalue weighted by molar-refractivity contribution is 0.318. The summed E-state index contributed by atoms with van der Waals surface area (Å²) in [7, 11) is 0. The highest BCUT2D eigenvalue weighted by Gasteiger charge is 2.07. The van der Waals surface area contributed by atoms with Crippen LogP contribution in [0.25, 0.3) is 0 Å². The van der Waals surface area contributed by atoms with Gasteiger partial charge < -0.3 is 5.21 Å². The van der Waals surface area contributed by atoms with E-state index in [9.17, 15) is 0 Å². The Labute approximate surface area is 42.8 Å². The van der Waals surface area contributed by atoms with Crippen LogP contribution in [0, 0.1) is 6.42 Å². The molecule has 1 saturated carbocycles. The summed E-state index contributed by atoms with van der Waals surface area (Å²) in [6.07, 6.45) is 5.15. The molecule has 0 unspecified atom stereocenters. The maximum atomic E-state index is 8.12. The zero-order chi connectivity index (χ0) is 5.11. The zero-order valence-electron chi connectivity index (χ0n) is 4.09. The molecule has 0 aromatic heterocycles. The van der Waals surface area contributed by atoms with E-state index in [1.165, 1.54) is 0 Å². The summed E-state index contributed by atoms with van der Waals surface area (Å²) in [5.41, 5.74) is 0.847. The molecule has 1 aliphatic rings. The Hall–Kier alpha value is -0.530. The average molecular weight is 98.1 g/mol. The van der Waals surface area contributed by atoms with Crippen LogP contribution in [-0.4, -0.2) is 10.9 Å². The van der Waals surface area contributed by atoms with Crippen molar-refractivity contribution in [1.29, 1.82) is 0 Å². The monoisotopic (exact) mass is 98.1 g/mol. The first-order valence-electron chi connectivity index (χ1n) is 2.47. The summed E-state index contributed by atoms with van der Waals surface area (Å²) in [4.78, 5) is 0. The average Bonchev–Trinajstić information content (AvgIpc) is 2.14. The van der Waals surface area contributed by atoms with Gasteiger partial charge in [0.1, 0.15) is 0 Å². The quantitative estimate of drug-likeness (QED) is 0.358. The van der Waals surface area contributed by atoms with Crippen LogP contribution in [-0.2, 0) is 0 Å². The Morgan fingerprint density at radius 2 is 2.57 bits per heavy atom. The van der Waals surface area contributed by atoms with Gasteiger partial charge in [-0.2, -0.15) is 0 Å². The molecule has 0 spiro atoms. The summed E-state index contributed by atoms with van der Waals surface area (Å²) < 4.78 is 0. The summed E-state index contributed by atoms with van der Waals surface area (Å²) in [5.74, 6) is 0. The largest absolute Gasteiger partial charge is 0.411 e. The maximum Gasteiger partial charge on any atom is 0.0608 e. The van der Waals surface area contributed by atoms with E-state index >= 15 is 0 Å². The van der Waals surface area contributed by atoms with Crippen LogP contribution in [0.2, 0.25) is 0 Å². The third-order valence-corrected chi connectivity index (χ3v) is 1.15. The molecule has 1 aliphatic carbocycles. The predicted molar refractivity (Wildman–Crippen MR) is 27.4 cm³/mol. The molecule has 0 bridgehead atoms. The number of oxime groups is 1. The van der Waals surface area contributed by atoms with Crippen molar-refractivity contribution in [2.24, 2.45) is 5.16 Å². The maximum absolute atomic E-state index is 8.12. The van der Waals surface area contributed by atoms with E-state index in [1.54, 1.807) is 0 Å². The zero-order valence-corrected chi connectivity index (χ0v) is 4.09. The second-order valence-electron chi connectivity index (χ2n) is 1.69. The number of rotatable bonds is 0. The molecule has 1 fully saturated rings. The van der Waals surface area contributed by atoms with Crippen LogP contribution in [0.5, 0.6) is 0 Å². The Morgan fingerprint density at radius 1 is 1.71 bits per heavy atom. The van der Waals surface area contributed by atoms with Gasteiger partial charge in [0.15, 0.2) is 0 Å². The van der Waals surface area contributed by atoms with Gasteiger partial charge in [-0.15, -0.1) is 0 Å². The van der Waals surface area contributed by atoms with E-state index in [0.29, 0.717) is 0 Å². The first kappa shape index (κ1) is 4.62. The van der Waals surface area contributed by atoms with Gasteiger partial charge in [-0.05, 0) is 19.3 Å². The molecule has 0 aromatic rings. The smallest absolute Gasteiger partial charge is 0.0608 e. The molecular weight excluding hydrogens is 90.1 g/mol. The van der Waals surface area contributed by atoms with Gasteiger partial charge in [-0.25, -0.2) is 0 Å². The molecule has 39 valence electrons. The van der Waals surface area contributed by atoms with Gasteiger partial charge in [0.2, 0.25) is 0 Å². The fourth-order valence-corrected chi connectivity index (χ4v) is 0.745. The minimum atomic E-state index is 0.847. The lowest BCUT2D eigenvalue weighted by atomic mass is 10.3. The van der Waals surface area contributed by atoms with E-state index in [1.807, 2.05) is 6.42 Å². The van der Waals surface area contributed by atoms with Gasteiger partial charge in [-0.3, -0.25) is 0 Å². The third kappa shape index (κ3) is 0.918. The fraction of sp³-hybridized carbons (Fsp3) is 0.600. The fourth-order valence-electron chi connectivity index (χ4n) is 0.745. The van der Waals surface area contributed by atoms with Gasteiger partial charge in [0.05, 0.1) is 5.71 Å². The molecule has 0 atom stereocenters. The molecule has 1 radical (unpaired) electrons. The van der Waals surface area contributed by atoms with Crippen molar-refractivity contribution in [3.8, 4) is 0 Å². The van der Waals surface area contributed by atoms with Gasteiger partial charge in [-0.1, -0.05) is 5.16 Å². The lowest BCUT2D eigenvalue weighted by Crippen LogP contribution is -1.86. The summed E-state index contributed by atoms with van der Waals surface area (Å²) in [6.45, 7) is 0. The Kier molecular flexibility index (Phi) is 1.29. The molecule has 7 heavy (non-hydrogen) atoms. The van der Waals surface area contributed by atoms with Crippen molar-refractivity contribution in [3.63, 3.8) is 0 Å². The Morgan fingerprint density at radius 3 is 2.86 bits per heavy atom. The van der Waals surface area contributed by atoms with E-state index in [4.69, 9.17) is 5.21 Å². The number of hydrogen-bond acceptors (Lipinski definition) is 2. The van der Waals surface area contributed by atoms with Crippen LogP contribution >= 0.6 is 0 Å². The molecule has 0 aliphatic heterocycles. The molecule has 0 heterocycles. The summed E-state index contributed by atoms with van der Waals surface area (Å²) in [5, 5.41) is 11.2. The summed E-state index contributed by atoms with van der Waals surface area (Å²) in [6, 6.07) is 0. The molecule has 0 amide bonds. The highest BCUT2D eigenvalue weighted by molar-refractivity contribution is 5.93. The van der Waals surface area contributed by atoms with E-state index in [2.05, 4.69) is 5.16 Å². The van der Waals surface area contributed by atoms with Crippen LogP contribution in [0.1, 0.15) is 19.3 Å². The SMILES string of the molecule is ON=C1[CH]CCC1. The number of nitrogens with zero attached hydrogens (tertiary/aromatic N) is 1. The third-order valence-electron chi connectivity index (χ3n) is 1.15. The van der Waals surface area contributed by atoms with Gasteiger partial charge in [0, 0.05) is 6.42 Å². The van der Waals surface area contributed by atoms with E-state index < -0.39 is 0 Å². The molecule has 0 saturated heterocycles. The molecule has 1 rings (SSSR count). The molecule has 2 nitrogen and oxygen atoms in total. The van der Waals surface area contributed by atoms with Crippen molar-refractivity contribution < 1.29 is 5.21 Å². The van der Waals surface area contributed by atoms with Crippen molar-refractivity contribution in [2.45, 2.75) is 19.3 Å². The van der Waals surface area contributed by atoms with Crippen molar-refractivity contribution in [1.82, 2.24) is 0 Å². The Balaban J connectivity index is 2.41. The van der Waals surface area contributed by atoms with Gasteiger partial charge >= 0.3 is 0 Å². The Bertz CT molecular complexity index is 80.1. The van der Waals surface area contributed by atoms with Crippen molar-refractivity contribution in [3.05, 3.63) is 6.42 Å². The van der Waals surface area contributed by atoms with Crippen LogP contribution < -0.4 is 0 Å². The summed E-state index contributed by atoms with van der Waals surface area (Å²) >= 11 is 0. The van der Waals surface area contributed by atoms with Crippen LogP contribution in [0.4, 0.5) is 0 Å². The van der Waals surface area contributed by atoms with Crippen LogP contribution in [0.15, 0.2) is 5.16 Å². The lowest BCUT2D eigenvalue weighted by Gasteiger charge is -1.81. The van der Waals surface area contributed by atoms with Crippen molar-refractivity contribution >= 4 is 5.71 Å². The highest BCUT2D eigenvalue weighted by Crippen LogP contribution is 2.12. The second-order valence-corrected chi connectivity index (χ2v) is 1.69. The standard InChI is InChI=1S/C5H8NO/c7-6-5-3-1-2-4-5/h3,7H,1-2,4H2. The molecular formula is C5H8NO. The predicted octanol–water partition coefficient (Wildman–Crippen LogP) is 1.20. The van der Waals surface area contributed by atoms with Gasteiger partial charge in [0.25, 0.3) is 0 Å². The minimum Gasteiger partial charge on any atom is -0.411 e. The van der Waals surface area contributed by atoms with Crippen LogP contribution in [0.3, 0.4) is 0 Å². The number of hydrogen-bond donors (Lipinski definition) is 1. The molecule has 2 heteroatoms. The topological polar surface area (TPSA) is 32.6 Å². The molecule has 1 N–H and O–H groups in total. The van der Waals surface area contributed by atoms with E-state index in [-0.39, 0.29) is 0 Å².